The van der Waals surface area contributed by atoms with Gasteiger partial charge in [0, 0.05) is 18.7 Å². The second-order valence-electron chi connectivity index (χ2n) is 5.26. The zero-order valence-corrected chi connectivity index (χ0v) is 10.7. The molecule has 0 aromatic heterocycles. The molecule has 2 nitrogen and oxygen atoms in total. The van der Waals surface area contributed by atoms with Crippen molar-refractivity contribution in [3.05, 3.63) is 35.9 Å². The molecule has 1 aliphatic rings. The Bertz CT molecular complexity index is 372. The molecule has 0 spiro atoms. The summed E-state index contributed by atoms with van der Waals surface area (Å²) in [6.45, 7) is 6.34. The Morgan fingerprint density at radius 2 is 2.00 bits per heavy atom. The topological polar surface area (TPSA) is 20.3 Å². The third-order valence-electron chi connectivity index (χ3n) is 3.71. The summed E-state index contributed by atoms with van der Waals surface area (Å²) in [7, 11) is 0. The lowest BCUT2D eigenvalue weighted by molar-refractivity contribution is 0.0641. The monoisotopic (exact) mass is 231 g/mol. The molecule has 1 fully saturated rings. The number of hydrogen-bond donors (Lipinski definition) is 0. The van der Waals surface area contributed by atoms with Crippen molar-refractivity contribution in [1.82, 2.24) is 4.90 Å². The molecule has 0 radical (unpaired) electrons. The minimum Gasteiger partial charge on any atom is -0.338 e. The summed E-state index contributed by atoms with van der Waals surface area (Å²) in [5, 5.41) is 0. The highest BCUT2D eigenvalue weighted by molar-refractivity contribution is 5.94. The van der Waals surface area contributed by atoms with Crippen LogP contribution in [0, 0.1) is 11.8 Å². The summed E-state index contributed by atoms with van der Waals surface area (Å²) >= 11 is 0. The van der Waals surface area contributed by atoms with E-state index >= 15 is 0 Å². The third-order valence-corrected chi connectivity index (χ3v) is 3.71. The van der Waals surface area contributed by atoms with Crippen molar-refractivity contribution in [2.45, 2.75) is 26.7 Å². The SMILES string of the molecule is CC(C)C1CCCN(C(=O)c2ccccc2)C1. The molecule has 1 saturated heterocycles. The lowest BCUT2D eigenvalue weighted by Gasteiger charge is -2.34. The van der Waals surface area contributed by atoms with Crippen molar-refractivity contribution in [1.29, 1.82) is 0 Å². The van der Waals surface area contributed by atoms with E-state index in [2.05, 4.69) is 13.8 Å². The molecule has 1 aromatic carbocycles. The first-order valence-electron chi connectivity index (χ1n) is 6.53. The van der Waals surface area contributed by atoms with Gasteiger partial charge in [0.15, 0.2) is 0 Å². The molecule has 1 amide bonds. The smallest absolute Gasteiger partial charge is 0.253 e. The van der Waals surface area contributed by atoms with E-state index in [0.717, 1.165) is 25.1 Å². The fraction of sp³-hybridized carbons (Fsp3) is 0.533. The molecule has 0 aliphatic carbocycles. The molecular formula is C15H21NO. The zero-order chi connectivity index (χ0) is 12.3. The molecule has 2 heteroatoms. The molecule has 92 valence electrons. The van der Waals surface area contributed by atoms with Crippen LogP contribution in [0.4, 0.5) is 0 Å². The maximum Gasteiger partial charge on any atom is 0.253 e. The molecule has 1 aromatic rings. The maximum absolute atomic E-state index is 12.3. The van der Waals surface area contributed by atoms with Crippen LogP contribution in [0.5, 0.6) is 0 Å². The zero-order valence-electron chi connectivity index (χ0n) is 10.7. The number of amides is 1. The van der Waals surface area contributed by atoms with Gasteiger partial charge in [0.2, 0.25) is 0 Å². The van der Waals surface area contributed by atoms with Gasteiger partial charge in [0.1, 0.15) is 0 Å². The van der Waals surface area contributed by atoms with Crippen LogP contribution in [0.2, 0.25) is 0 Å². The van der Waals surface area contributed by atoms with E-state index in [0.29, 0.717) is 11.8 Å². The van der Waals surface area contributed by atoms with Crippen LogP contribution < -0.4 is 0 Å². The van der Waals surface area contributed by atoms with Gasteiger partial charge < -0.3 is 4.90 Å². The van der Waals surface area contributed by atoms with Crippen molar-refractivity contribution in [3.8, 4) is 0 Å². The van der Waals surface area contributed by atoms with E-state index in [4.69, 9.17) is 0 Å². The van der Waals surface area contributed by atoms with Crippen LogP contribution >= 0.6 is 0 Å². The van der Waals surface area contributed by atoms with E-state index in [9.17, 15) is 4.79 Å². The van der Waals surface area contributed by atoms with Gasteiger partial charge in [-0.15, -0.1) is 0 Å². The van der Waals surface area contributed by atoms with Crippen molar-refractivity contribution in [2.24, 2.45) is 11.8 Å². The van der Waals surface area contributed by atoms with Crippen molar-refractivity contribution in [3.63, 3.8) is 0 Å². The van der Waals surface area contributed by atoms with Crippen LogP contribution in [-0.2, 0) is 0 Å². The second-order valence-corrected chi connectivity index (χ2v) is 5.26. The Labute approximate surface area is 104 Å². The summed E-state index contributed by atoms with van der Waals surface area (Å²) in [4.78, 5) is 14.3. The Morgan fingerprint density at radius 3 is 2.65 bits per heavy atom. The number of nitrogens with zero attached hydrogens (tertiary/aromatic N) is 1. The fourth-order valence-corrected chi connectivity index (χ4v) is 2.50. The van der Waals surface area contributed by atoms with Crippen molar-refractivity contribution < 1.29 is 4.79 Å². The first-order valence-corrected chi connectivity index (χ1v) is 6.53. The van der Waals surface area contributed by atoms with Crippen LogP contribution in [0.15, 0.2) is 30.3 Å². The van der Waals surface area contributed by atoms with Crippen LogP contribution in [-0.4, -0.2) is 23.9 Å². The van der Waals surface area contributed by atoms with E-state index in [1.807, 2.05) is 35.2 Å². The third kappa shape index (κ3) is 2.87. The second kappa shape index (κ2) is 5.35. The summed E-state index contributed by atoms with van der Waals surface area (Å²) in [6.07, 6.45) is 2.40. The molecule has 0 saturated carbocycles. The summed E-state index contributed by atoms with van der Waals surface area (Å²) in [5.41, 5.74) is 0.817. The van der Waals surface area contributed by atoms with Gasteiger partial charge in [-0.05, 0) is 36.8 Å². The molecule has 2 rings (SSSR count). The number of benzene rings is 1. The van der Waals surface area contributed by atoms with Gasteiger partial charge in [-0.2, -0.15) is 0 Å². The fourth-order valence-electron chi connectivity index (χ4n) is 2.50. The lowest BCUT2D eigenvalue weighted by atomic mass is 9.87. The first kappa shape index (κ1) is 12.2. The van der Waals surface area contributed by atoms with Gasteiger partial charge in [-0.1, -0.05) is 32.0 Å². The van der Waals surface area contributed by atoms with E-state index in [1.54, 1.807) is 0 Å². The van der Waals surface area contributed by atoms with E-state index in [-0.39, 0.29) is 5.91 Å². The highest BCUT2D eigenvalue weighted by Gasteiger charge is 2.25. The van der Waals surface area contributed by atoms with Gasteiger partial charge >= 0.3 is 0 Å². The van der Waals surface area contributed by atoms with Crippen molar-refractivity contribution >= 4 is 5.91 Å². The Hall–Kier alpha value is -1.31. The maximum atomic E-state index is 12.3. The van der Waals surface area contributed by atoms with Crippen LogP contribution in [0.1, 0.15) is 37.0 Å². The number of carbonyl (C=O) groups excluding carboxylic acids is 1. The normalized spacial score (nSPS) is 20.6. The molecule has 1 aliphatic heterocycles. The van der Waals surface area contributed by atoms with Crippen LogP contribution in [0.25, 0.3) is 0 Å². The summed E-state index contributed by atoms with van der Waals surface area (Å²) in [5.74, 6) is 1.52. The highest BCUT2D eigenvalue weighted by atomic mass is 16.2. The Morgan fingerprint density at radius 1 is 1.29 bits per heavy atom. The van der Waals surface area contributed by atoms with Gasteiger partial charge in [0.25, 0.3) is 5.91 Å². The number of likely N-dealkylation sites (tertiary alicyclic amines) is 1. The van der Waals surface area contributed by atoms with E-state index < -0.39 is 0 Å². The molecule has 1 atom stereocenters. The quantitative estimate of drug-likeness (QED) is 0.765. The first-order chi connectivity index (χ1) is 8.18. The lowest BCUT2D eigenvalue weighted by Crippen LogP contribution is -2.41. The summed E-state index contributed by atoms with van der Waals surface area (Å²) in [6, 6.07) is 9.61. The predicted octanol–water partition coefficient (Wildman–Crippen LogP) is 3.19. The Balaban J connectivity index is 2.05. The average Bonchev–Trinajstić information content (AvgIpc) is 2.39. The summed E-state index contributed by atoms with van der Waals surface area (Å²) < 4.78 is 0. The Kier molecular flexibility index (Phi) is 3.82. The van der Waals surface area contributed by atoms with Crippen LogP contribution in [0.3, 0.4) is 0 Å². The minimum atomic E-state index is 0.191. The molecule has 0 N–H and O–H groups in total. The molecule has 17 heavy (non-hydrogen) atoms. The molecule has 1 unspecified atom stereocenters. The van der Waals surface area contributed by atoms with Gasteiger partial charge in [-0.25, -0.2) is 0 Å². The standard InChI is InChI=1S/C15H21NO/c1-12(2)14-9-6-10-16(11-14)15(17)13-7-4-3-5-8-13/h3-5,7-8,12,14H,6,9-11H2,1-2H3. The minimum absolute atomic E-state index is 0.191. The molecule has 1 heterocycles. The van der Waals surface area contributed by atoms with Crippen molar-refractivity contribution in [2.75, 3.05) is 13.1 Å². The van der Waals surface area contributed by atoms with Gasteiger partial charge in [-0.3, -0.25) is 4.79 Å². The molecule has 0 bridgehead atoms. The molecular weight excluding hydrogens is 210 g/mol. The van der Waals surface area contributed by atoms with E-state index in [1.165, 1.54) is 6.42 Å². The highest BCUT2D eigenvalue weighted by Crippen LogP contribution is 2.24. The number of hydrogen-bond acceptors (Lipinski definition) is 1. The number of rotatable bonds is 2. The average molecular weight is 231 g/mol. The number of carbonyl (C=O) groups is 1. The number of piperidine rings is 1. The van der Waals surface area contributed by atoms with Gasteiger partial charge in [0.05, 0.1) is 0 Å². The largest absolute Gasteiger partial charge is 0.338 e. The predicted molar refractivity (Wildman–Crippen MR) is 69.9 cm³/mol.